The molecule has 1 fully saturated rings. The third-order valence-corrected chi connectivity index (χ3v) is 4.12. The van der Waals surface area contributed by atoms with Crippen LogP contribution in [0.1, 0.15) is 23.2 Å². The molecule has 1 saturated heterocycles. The molecule has 1 aromatic rings. The van der Waals surface area contributed by atoms with Crippen molar-refractivity contribution in [3.63, 3.8) is 0 Å². The van der Waals surface area contributed by atoms with Crippen LogP contribution in [0.3, 0.4) is 0 Å². The first-order valence-electron chi connectivity index (χ1n) is 6.65. The van der Waals surface area contributed by atoms with E-state index in [1.165, 1.54) is 6.07 Å². The molecule has 7 nitrogen and oxygen atoms in total. The number of nitrogens with zero attached hydrogens (tertiary/aromatic N) is 4. The van der Waals surface area contributed by atoms with Gasteiger partial charge in [-0.05, 0) is 33.0 Å². The molecule has 0 radical (unpaired) electrons. The summed E-state index contributed by atoms with van der Waals surface area (Å²) in [6.45, 7) is 1.84. The summed E-state index contributed by atoms with van der Waals surface area (Å²) in [7, 11) is 3.74. The normalized spacial score (nSPS) is 16.7. The van der Waals surface area contributed by atoms with Crippen LogP contribution in [0.5, 0.6) is 0 Å². The zero-order chi connectivity index (χ0) is 15.6. The summed E-state index contributed by atoms with van der Waals surface area (Å²) in [5.74, 6) is -0.328. The van der Waals surface area contributed by atoms with Crippen molar-refractivity contribution in [1.82, 2.24) is 14.8 Å². The number of hydrogen-bond donors (Lipinski definition) is 0. The fourth-order valence-corrected chi connectivity index (χ4v) is 2.61. The van der Waals surface area contributed by atoms with Gasteiger partial charge in [0.05, 0.1) is 10.5 Å². The predicted octanol–water partition coefficient (Wildman–Crippen LogP) is 1.81. The number of carbonyl (C=O) groups is 1. The molecule has 1 aliphatic heterocycles. The van der Waals surface area contributed by atoms with Crippen molar-refractivity contribution in [1.29, 1.82) is 0 Å². The van der Waals surface area contributed by atoms with Gasteiger partial charge in [0.1, 0.15) is 11.3 Å². The average Bonchev–Trinajstić information content (AvgIpc) is 2.47. The molecule has 0 aromatic carbocycles. The van der Waals surface area contributed by atoms with Crippen molar-refractivity contribution < 1.29 is 9.72 Å². The van der Waals surface area contributed by atoms with Crippen LogP contribution in [-0.2, 0) is 0 Å². The minimum atomic E-state index is -0.588. The lowest BCUT2D eigenvalue weighted by molar-refractivity contribution is -0.385. The maximum atomic E-state index is 12.5. The molecular formula is C13H17ClN4O3. The van der Waals surface area contributed by atoms with E-state index in [0.717, 1.165) is 32.1 Å². The molecule has 1 aliphatic rings. The SMILES string of the molecule is CN1CCC(N(C)C(=O)c2cc([N+](=O)[O-])cnc2Cl)CC1. The molecule has 2 heterocycles. The number of hydrogen-bond acceptors (Lipinski definition) is 5. The number of aromatic nitrogens is 1. The van der Waals surface area contributed by atoms with Crippen molar-refractivity contribution in [2.45, 2.75) is 18.9 Å². The maximum absolute atomic E-state index is 12.5. The highest BCUT2D eigenvalue weighted by atomic mass is 35.5. The van der Waals surface area contributed by atoms with Crippen LogP contribution in [0.15, 0.2) is 12.3 Å². The summed E-state index contributed by atoms with van der Waals surface area (Å²) in [6, 6.07) is 1.30. The number of halogens is 1. The lowest BCUT2D eigenvalue weighted by atomic mass is 10.0. The Balaban J connectivity index is 2.19. The van der Waals surface area contributed by atoms with Crippen molar-refractivity contribution in [3.05, 3.63) is 33.1 Å². The molecular weight excluding hydrogens is 296 g/mol. The Morgan fingerprint density at radius 3 is 2.71 bits per heavy atom. The fourth-order valence-electron chi connectivity index (χ4n) is 2.42. The van der Waals surface area contributed by atoms with E-state index in [0.29, 0.717) is 0 Å². The molecule has 2 rings (SSSR count). The van der Waals surface area contributed by atoms with Crippen LogP contribution in [0.4, 0.5) is 5.69 Å². The number of rotatable bonds is 3. The van der Waals surface area contributed by atoms with E-state index in [9.17, 15) is 14.9 Å². The molecule has 1 amide bonds. The molecule has 1 aromatic heterocycles. The van der Waals surface area contributed by atoms with Crippen LogP contribution < -0.4 is 0 Å². The first-order valence-corrected chi connectivity index (χ1v) is 7.03. The van der Waals surface area contributed by atoms with Crippen LogP contribution >= 0.6 is 11.6 Å². The van der Waals surface area contributed by atoms with Gasteiger partial charge in [-0.1, -0.05) is 11.6 Å². The number of nitro groups is 1. The summed E-state index contributed by atoms with van der Waals surface area (Å²) in [5, 5.41) is 10.8. The van der Waals surface area contributed by atoms with Gasteiger partial charge < -0.3 is 9.80 Å². The molecule has 114 valence electrons. The van der Waals surface area contributed by atoms with Gasteiger partial charge in [0.15, 0.2) is 0 Å². The van der Waals surface area contributed by atoms with E-state index < -0.39 is 4.92 Å². The van der Waals surface area contributed by atoms with Gasteiger partial charge >= 0.3 is 0 Å². The number of amides is 1. The maximum Gasteiger partial charge on any atom is 0.288 e. The summed E-state index contributed by atoms with van der Waals surface area (Å²) >= 11 is 5.91. The molecule has 0 atom stereocenters. The van der Waals surface area contributed by atoms with Crippen LogP contribution in [0, 0.1) is 10.1 Å². The third kappa shape index (κ3) is 3.48. The summed E-state index contributed by atoms with van der Waals surface area (Å²) in [6.07, 6.45) is 2.80. The Morgan fingerprint density at radius 1 is 1.52 bits per heavy atom. The van der Waals surface area contributed by atoms with Gasteiger partial charge in [0, 0.05) is 19.2 Å². The van der Waals surface area contributed by atoms with E-state index in [1.807, 2.05) is 7.05 Å². The van der Waals surface area contributed by atoms with Gasteiger partial charge in [-0.2, -0.15) is 0 Å². The average molecular weight is 313 g/mol. The quantitative estimate of drug-likeness (QED) is 0.483. The third-order valence-electron chi connectivity index (χ3n) is 3.82. The molecule has 0 saturated carbocycles. The Kier molecular flexibility index (Phi) is 4.74. The zero-order valence-electron chi connectivity index (χ0n) is 12.0. The van der Waals surface area contributed by atoms with Crippen LogP contribution in [0.25, 0.3) is 0 Å². The number of carbonyl (C=O) groups excluding carboxylic acids is 1. The minimum Gasteiger partial charge on any atom is -0.339 e. The van der Waals surface area contributed by atoms with Crippen molar-refractivity contribution >= 4 is 23.2 Å². The Morgan fingerprint density at radius 2 is 2.14 bits per heavy atom. The monoisotopic (exact) mass is 312 g/mol. The Labute approximate surface area is 127 Å². The minimum absolute atomic E-state index is 0.00891. The van der Waals surface area contributed by atoms with Crippen molar-refractivity contribution in [2.24, 2.45) is 0 Å². The van der Waals surface area contributed by atoms with Gasteiger partial charge in [-0.3, -0.25) is 14.9 Å². The molecule has 0 aliphatic carbocycles. The second-order valence-corrected chi connectivity index (χ2v) is 5.60. The predicted molar refractivity (Wildman–Crippen MR) is 78.5 cm³/mol. The van der Waals surface area contributed by atoms with Gasteiger partial charge in [0.25, 0.3) is 11.6 Å². The lowest BCUT2D eigenvalue weighted by Gasteiger charge is -2.35. The molecule has 0 N–H and O–H groups in total. The van der Waals surface area contributed by atoms with Gasteiger partial charge in [-0.25, -0.2) is 4.98 Å². The van der Waals surface area contributed by atoms with E-state index in [2.05, 4.69) is 9.88 Å². The Hall–Kier alpha value is -1.73. The van der Waals surface area contributed by atoms with Gasteiger partial charge in [0.2, 0.25) is 0 Å². The highest BCUT2D eigenvalue weighted by Gasteiger charge is 2.27. The molecule has 0 bridgehead atoms. The first kappa shape index (κ1) is 15.7. The number of piperidine rings is 1. The second kappa shape index (κ2) is 6.36. The van der Waals surface area contributed by atoms with Crippen molar-refractivity contribution in [2.75, 3.05) is 27.2 Å². The Bertz CT molecular complexity index is 558. The topological polar surface area (TPSA) is 79.6 Å². The molecule has 0 spiro atoms. The standard InChI is InChI=1S/C13H17ClN4O3/c1-16-5-3-9(4-6-16)17(2)13(19)11-7-10(18(20)21)8-15-12(11)14/h7-9H,3-6H2,1-2H3. The van der Waals surface area contributed by atoms with E-state index >= 15 is 0 Å². The fraction of sp³-hybridized carbons (Fsp3) is 0.538. The van der Waals surface area contributed by atoms with Crippen LogP contribution in [-0.4, -0.2) is 58.8 Å². The highest BCUT2D eigenvalue weighted by Crippen LogP contribution is 2.23. The first-order chi connectivity index (χ1) is 9.90. The molecule has 21 heavy (non-hydrogen) atoms. The van der Waals surface area contributed by atoms with Gasteiger partial charge in [-0.15, -0.1) is 0 Å². The largest absolute Gasteiger partial charge is 0.339 e. The second-order valence-electron chi connectivity index (χ2n) is 5.24. The number of pyridine rings is 1. The highest BCUT2D eigenvalue weighted by molar-refractivity contribution is 6.32. The van der Waals surface area contributed by atoms with E-state index in [-0.39, 0.29) is 28.4 Å². The summed E-state index contributed by atoms with van der Waals surface area (Å²) < 4.78 is 0. The smallest absolute Gasteiger partial charge is 0.288 e. The van der Waals surface area contributed by atoms with Crippen LogP contribution in [0.2, 0.25) is 5.15 Å². The summed E-state index contributed by atoms with van der Waals surface area (Å²) in [4.78, 5) is 30.2. The lowest BCUT2D eigenvalue weighted by Crippen LogP contribution is -2.44. The molecule has 0 unspecified atom stereocenters. The molecule has 8 heteroatoms. The van der Waals surface area contributed by atoms with E-state index in [4.69, 9.17) is 11.6 Å². The number of likely N-dealkylation sites (tertiary alicyclic amines) is 1. The van der Waals surface area contributed by atoms with E-state index in [1.54, 1.807) is 11.9 Å². The van der Waals surface area contributed by atoms with Crippen molar-refractivity contribution in [3.8, 4) is 0 Å². The summed E-state index contributed by atoms with van der Waals surface area (Å²) in [5.41, 5.74) is -0.160. The zero-order valence-corrected chi connectivity index (χ0v) is 12.7.